The normalized spacial score (nSPS) is 10.9. The number of hydrogen-bond acceptors (Lipinski definition) is 5. The highest BCUT2D eigenvalue weighted by Crippen LogP contribution is 2.14. The van der Waals surface area contributed by atoms with Crippen molar-refractivity contribution in [1.29, 1.82) is 0 Å². The molecule has 0 spiro atoms. The van der Waals surface area contributed by atoms with Gasteiger partial charge in [-0.25, -0.2) is 5.10 Å². The smallest absolute Gasteiger partial charge is 0.272 e. The highest BCUT2D eigenvalue weighted by molar-refractivity contribution is 5.88. The number of amides is 1. The minimum absolute atomic E-state index is 0.105. The number of H-pyrrole nitrogens is 1. The predicted octanol–water partition coefficient (Wildman–Crippen LogP) is 0.736. The summed E-state index contributed by atoms with van der Waals surface area (Å²) in [6.45, 7) is 3.11. The Morgan fingerprint density at radius 3 is 2.79 bits per heavy atom. The van der Waals surface area contributed by atoms with Gasteiger partial charge in [0, 0.05) is 19.0 Å². The average Bonchev–Trinajstić information content (AvgIpc) is 3.04. The van der Waals surface area contributed by atoms with Crippen molar-refractivity contribution in [3.8, 4) is 0 Å². The van der Waals surface area contributed by atoms with Crippen molar-refractivity contribution in [1.82, 2.24) is 29.9 Å². The minimum atomic E-state index is -0.258. The van der Waals surface area contributed by atoms with Crippen LogP contribution in [0.4, 0.5) is 0 Å². The van der Waals surface area contributed by atoms with Crippen molar-refractivity contribution in [2.24, 2.45) is 0 Å². The second kappa shape index (κ2) is 6.61. The van der Waals surface area contributed by atoms with E-state index in [0.29, 0.717) is 23.0 Å². The summed E-state index contributed by atoms with van der Waals surface area (Å²) >= 11 is 0. The molecule has 1 amide bonds. The van der Waals surface area contributed by atoms with E-state index in [1.807, 2.05) is 17.6 Å². The SMILES string of the molecule is CCn1cnnc1CN(C)C(=O)Cc1n[nH]c(=O)c2ccccc12. The molecule has 0 fully saturated rings. The van der Waals surface area contributed by atoms with E-state index in [9.17, 15) is 9.59 Å². The zero-order valence-electron chi connectivity index (χ0n) is 13.6. The van der Waals surface area contributed by atoms with Crippen molar-refractivity contribution in [3.63, 3.8) is 0 Å². The van der Waals surface area contributed by atoms with Crippen LogP contribution in [0.2, 0.25) is 0 Å². The Morgan fingerprint density at radius 1 is 1.29 bits per heavy atom. The first-order valence-corrected chi connectivity index (χ1v) is 7.67. The summed E-state index contributed by atoms with van der Waals surface area (Å²) in [6, 6.07) is 7.13. The predicted molar refractivity (Wildman–Crippen MR) is 88.2 cm³/mol. The van der Waals surface area contributed by atoms with Gasteiger partial charge in [0.1, 0.15) is 6.33 Å². The van der Waals surface area contributed by atoms with E-state index in [1.54, 1.807) is 36.5 Å². The van der Waals surface area contributed by atoms with Gasteiger partial charge >= 0.3 is 0 Å². The molecule has 0 bridgehead atoms. The number of hydrogen-bond donors (Lipinski definition) is 1. The largest absolute Gasteiger partial charge is 0.338 e. The number of likely N-dealkylation sites (N-methyl/N-ethyl adjacent to an activating group) is 1. The first-order valence-electron chi connectivity index (χ1n) is 7.67. The third kappa shape index (κ3) is 3.03. The summed E-state index contributed by atoms with van der Waals surface area (Å²) in [6.07, 6.45) is 1.75. The molecule has 0 aliphatic carbocycles. The molecule has 3 aromatic rings. The number of nitrogens with zero attached hydrogens (tertiary/aromatic N) is 5. The van der Waals surface area contributed by atoms with Crippen LogP contribution in [0.25, 0.3) is 10.8 Å². The van der Waals surface area contributed by atoms with Crippen LogP contribution in [0.3, 0.4) is 0 Å². The summed E-state index contributed by atoms with van der Waals surface area (Å²) in [5.41, 5.74) is 0.296. The highest BCUT2D eigenvalue weighted by atomic mass is 16.2. The Labute approximate surface area is 138 Å². The minimum Gasteiger partial charge on any atom is -0.338 e. The Morgan fingerprint density at radius 2 is 2.04 bits per heavy atom. The van der Waals surface area contributed by atoms with Crippen molar-refractivity contribution >= 4 is 16.7 Å². The molecule has 0 saturated heterocycles. The van der Waals surface area contributed by atoms with Gasteiger partial charge in [-0.1, -0.05) is 18.2 Å². The maximum absolute atomic E-state index is 12.5. The fourth-order valence-corrected chi connectivity index (χ4v) is 2.55. The quantitative estimate of drug-likeness (QED) is 0.746. The second-order valence-corrected chi connectivity index (χ2v) is 5.50. The zero-order chi connectivity index (χ0) is 17.1. The number of aromatic nitrogens is 5. The molecule has 2 heterocycles. The maximum atomic E-state index is 12.5. The highest BCUT2D eigenvalue weighted by Gasteiger charge is 2.16. The van der Waals surface area contributed by atoms with E-state index in [-0.39, 0.29) is 17.9 Å². The first-order chi connectivity index (χ1) is 11.6. The molecule has 1 aromatic carbocycles. The lowest BCUT2D eigenvalue weighted by Gasteiger charge is -2.17. The van der Waals surface area contributed by atoms with E-state index in [4.69, 9.17) is 0 Å². The van der Waals surface area contributed by atoms with Crippen LogP contribution in [-0.4, -0.2) is 42.8 Å². The molecular weight excluding hydrogens is 308 g/mol. The fourth-order valence-electron chi connectivity index (χ4n) is 2.55. The summed E-state index contributed by atoms with van der Waals surface area (Å²) in [7, 11) is 1.71. The van der Waals surface area contributed by atoms with Gasteiger partial charge in [0.05, 0.1) is 24.0 Å². The van der Waals surface area contributed by atoms with Crippen molar-refractivity contribution in [2.75, 3.05) is 7.05 Å². The molecule has 0 saturated carbocycles. The Bertz CT molecular complexity index is 929. The molecule has 0 atom stereocenters. The van der Waals surface area contributed by atoms with Gasteiger partial charge in [-0.2, -0.15) is 5.10 Å². The van der Waals surface area contributed by atoms with E-state index in [1.165, 1.54) is 0 Å². The summed E-state index contributed by atoms with van der Waals surface area (Å²) in [5.74, 6) is 0.623. The second-order valence-electron chi connectivity index (χ2n) is 5.50. The van der Waals surface area contributed by atoms with Gasteiger partial charge in [-0.15, -0.1) is 10.2 Å². The zero-order valence-corrected chi connectivity index (χ0v) is 13.6. The molecule has 0 aliphatic heterocycles. The molecule has 0 unspecified atom stereocenters. The van der Waals surface area contributed by atoms with Crippen LogP contribution in [0.1, 0.15) is 18.4 Å². The van der Waals surface area contributed by atoms with Crippen molar-refractivity contribution in [3.05, 3.63) is 52.5 Å². The molecule has 24 heavy (non-hydrogen) atoms. The molecule has 2 aromatic heterocycles. The molecule has 0 radical (unpaired) electrons. The molecule has 1 N–H and O–H groups in total. The van der Waals surface area contributed by atoms with Gasteiger partial charge in [0.15, 0.2) is 5.82 Å². The molecule has 3 rings (SSSR count). The number of rotatable bonds is 5. The van der Waals surface area contributed by atoms with E-state index >= 15 is 0 Å². The van der Waals surface area contributed by atoms with Crippen LogP contribution in [0, 0.1) is 0 Å². The van der Waals surface area contributed by atoms with Crippen LogP contribution in [-0.2, 0) is 24.3 Å². The maximum Gasteiger partial charge on any atom is 0.272 e. The molecular formula is C16H18N6O2. The Kier molecular flexibility index (Phi) is 4.37. The number of nitrogens with one attached hydrogen (secondary N) is 1. The van der Waals surface area contributed by atoms with Gasteiger partial charge in [-0.3, -0.25) is 9.59 Å². The first kappa shape index (κ1) is 15.9. The summed E-state index contributed by atoms with van der Waals surface area (Å²) in [4.78, 5) is 25.9. The number of carbonyl (C=O) groups excluding carboxylic acids is 1. The van der Waals surface area contributed by atoms with E-state index < -0.39 is 0 Å². The number of fused-ring (bicyclic) bond motifs is 1. The monoisotopic (exact) mass is 326 g/mol. The van der Waals surface area contributed by atoms with E-state index in [2.05, 4.69) is 20.4 Å². The van der Waals surface area contributed by atoms with Gasteiger partial charge in [-0.05, 0) is 13.0 Å². The molecule has 124 valence electrons. The van der Waals surface area contributed by atoms with Crippen LogP contribution in [0.5, 0.6) is 0 Å². The van der Waals surface area contributed by atoms with Crippen LogP contribution < -0.4 is 5.56 Å². The van der Waals surface area contributed by atoms with E-state index in [0.717, 1.165) is 12.4 Å². The topological polar surface area (TPSA) is 96.8 Å². The average molecular weight is 326 g/mol. The van der Waals surface area contributed by atoms with Crippen LogP contribution in [0.15, 0.2) is 35.4 Å². The van der Waals surface area contributed by atoms with Crippen molar-refractivity contribution in [2.45, 2.75) is 26.4 Å². The summed E-state index contributed by atoms with van der Waals surface area (Å²) < 4.78 is 1.89. The fraction of sp³-hybridized carbons (Fsp3) is 0.312. The summed E-state index contributed by atoms with van der Waals surface area (Å²) in [5, 5.41) is 15.6. The molecule has 8 nitrogen and oxygen atoms in total. The van der Waals surface area contributed by atoms with Gasteiger partial charge in [0.25, 0.3) is 5.56 Å². The molecule has 8 heteroatoms. The van der Waals surface area contributed by atoms with Gasteiger partial charge in [0.2, 0.25) is 5.91 Å². The standard InChI is InChI=1S/C16H18N6O2/c1-3-22-10-17-19-14(22)9-21(2)15(23)8-13-11-6-4-5-7-12(11)16(24)20-18-13/h4-7,10H,3,8-9H2,1-2H3,(H,20,24). The van der Waals surface area contributed by atoms with Gasteiger partial charge < -0.3 is 9.47 Å². The lowest BCUT2D eigenvalue weighted by atomic mass is 10.1. The number of aromatic amines is 1. The number of benzene rings is 1. The Hall–Kier alpha value is -3.03. The lowest BCUT2D eigenvalue weighted by Crippen LogP contribution is -2.29. The van der Waals surface area contributed by atoms with Crippen molar-refractivity contribution < 1.29 is 4.79 Å². The number of carbonyl (C=O) groups is 1. The third-order valence-corrected chi connectivity index (χ3v) is 3.93. The number of aryl methyl sites for hydroxylation is 1. The molecule has 0 aliphatic rings. The Balaban J connectivity index is 1.80. The third-order valence-electron chi connectivity index (χ3n) is 3.93. The lowest BCUT2D eigenvalue weighted by molar-refractivity contribution is -0.129. The van der Waals surface area contributed by atoms with Crippen LogP contribution >= 0.6 is 0 Å².